The molecule has 0 aromatic heterocycles. The summed E-state index contributed by atoms with van der Waals surface area (Å²) in [5, 5.41) is 14.0. The number of primary amides is 1. The van der Waals surface area contributed by atoms with Gasteiger partial charge in [0.15, 0.2) is 5.78 Å². The molecule has 246 valence electrons. The quantitative estimate of drug-likeness (QED) is 0.0897. The molecule has 5 amide bonds. The Balaban J connectivity index is 1.94. The summed E-state index contributed by atoms with van der Waals surface area (Å²) >= 11 is 3.06. The number of nitrogens with zero attached hydrogens (tertiary/aromatic N) is 1. The first kappa shape index (κ1) is 37.1. The van der Waals surface area contributed by atoms with Crippen LogP contribution in [0.15, 0.2) is 34.8 Å². The lowest BCUT2D eigenvalue weighted by Crippen LogP contribution is -2.46. The molecule has 1 aliphatic rings. The summed E-state index contributed by atoms with van der Waals surface area (Å²) in [5.41, 5.74) is 6.40. The van der Waals surface area contributed by atoms with Crippen LogP contribution in [0.1, 0.15) is 69.9 Å². The molecule has 1 heterocycles. The number of carbonyl (C=O) groups is 7. The second-order valence-electron chi connectivity index (χ2n) is 11.2. The van der Waals surface area contributed by atoms with Gasteiger partial charge in [-0.15, -0.1) is 0 Å². The van der Waals surface area contributed by atoms with E-state index in [9.17, 15) is 33.6 Å². The molecule has 5 N–H and O–H groups in total. The van der Waals surface area contributed by atoms with Gasteiger partial charge in [0.05, 0.1) is 10.5 Å². The lowest BCUT2D eigenvalue weighted by molar-refractivity contribution is -0.137. The van der Waals surface area contributed by atoms with Crippen molar-refractivity contribution in [1.29, 1.82) is 0 Å². The number of rotatable bonds is 20. The minimum Gasteiger partial charge on any atom is -0.450 e. The molecular formula is C31H41BrN4O9. The van der Waals surface area contributed by atoms with Crippen LogP contribution in [0.3, 0.4) is 0 Å². The van der Waals surface area contributed by atoms with Gasteiger partial charge in [-0.05, 0) is 58.7 Å². The fraction of sp³-hybridized carbons (Fsp3) is 0.516. The van der Waals surface area contributed by atoms with Gasteiger partial charge in [0.1, 0.15) is 12.4 Å². The number of unbranched alkanes of at least 4 members (excludes halogenated alkanes) is 2. The Labute approximate surface area is 270 Å². The predicted octanol–water partition coefficient (Wildman–Crippen LogP) is 3.37. The van der Waals surface area contributed by atoms with Crippen molar-refractivity contribution in [2.75, 3.05) is 13.1 Å². The molecule has 0 unspecified atom stereocenters. The number of nitrogens with one attached hydrogen (secondary N) is 2. The number of imide groups is 1. The fourth-order valence-corrected chi connectivity index (χ4v) is 5.18. The average Bonchev–Trinajstić information content (AvgIpc) is 3.21. The summed E-state index contributed by atoms with van der Waals surface area (Å²) in [4.78, 5) is 86.0. The van der Waals surface area contributed by atoms with E-state index in [0.717, 1.165) is 4.90 Å². The standard InChI is InChI=1S/C31H41BrN4O9/c1-19(2)23(16-22(37)7-4-3-5-14-36-27(39)17-24(32)29(36)41)28(40)35-25(8-6-13-34-30(33)42)26(38)15-20-9-11-21(12-10-20)18-45-31(43)44/h9-12,17,19,23,25H,3-8,13-16,18H2,1-2H3,(H,35,40)(H,43,44)(H3,33,34,42)/t23-,25-/m0/s1. The minimum atomic E-state index is -1.39. The van der Waals surface area contributed by atoms with E-state index in [4.69, 9.17) is 10.8 Å². The van der Waals surface area contributed by atoms with E-state index in [2.05, 4.69) is 31.3 Å². The molecular weight excluding hydrogens is 652 g/mol. The second kappa shape index (κ2) is 18.7. The largest absolute Gasteiger partial charge is 0.506 e. The van der Waals surface area contributed by atoms with Gasteiger partial charge in [-0.1, -0.05) is 44.5 Å². The Hall–Kier alpha value is -4.07. The molecule has 0 saturated carbocycles. The van der Waals surface area contributed by atoms with E-state index >= 15 is 0 Å². The SMILES string of the molecule is CC(C)[C@H](CC(=O)CCCCCN1C(=O)C=C(Br)C1=O)C(=O)N[C@@H](CCCNC(N)=O)C(=O)Cc1ccc(COC(=O)O)cc1. The summed E-state index contributed by atoms with van der Waals surface area (Å²) < 4.78 is 4.77. The van der Waals surface area contributed by atoms with E-state index in [1.807, 2.05) is 13.8 Å². The molecule has 0 fully saturated rings. The van der Waals surface area contributed by atoms with Gasteiger partial charge >= 0.3 is 12.2 Å². The molecule has 1 aromatic rings. The summed E-state index contributed by atoms with van der Waals surface area (Å²) in [6, 6.07) is 5.09. The molecule has 2 atom stereocenters. The van der Waals surface area contributed by atoms with Gasteiger partial charge in [-0.25, -0.2) is 9.59 Å². The third-order valence-electron chi connectivity index (χ3n) is 7.33. The number of nitrogens with two attached hydrogens (primary N) is 1. The summed E-state index contributed by atoms with van der Waals surface area (Å²) in [7, 11) is 0. The van der Waals surface area contributed by atoms with Crippen LogP contribution in [-0.4, -0.2) is 70.6 Å². The zero-order chi connectivity index (χ0) is 33.5. The van der Waals surface area contributed by atoms with E-state index in [1.54, 1.807) is 24.3 Å². The van der Waals surface area contributed by atoms with Crippen LogP contribution in [0.4, 0.5) is 9.59 Å². The number of benzene rings is 1. The molecule has 14 heteroatoms. The fourth-order valence-electron chi connectivity index (χ4n) is 4.77. The first-order chi connectivity index (χ1) is 21.3. The highest BCUT2D eigenvalue weighted by Crippen LogP contribution is 2.21. The van der Waals surface area contributed by atoms with Crippen molar-refractivity contribution in [1.82, 2.24) is 15.5 Å². The lowest BCUT2D eigenvalue weighted by Gasteiger charge is -2.24. The van der Waals surface area contributed by atoms with E-state index in [0.29, 0.717) is 36.8 Å². The van der Waals surface area contributed by atoms with E-state index < -0.39 is 30.1 Å². The van der Waals surface area contributed by atoms with Crippen molar-refractivity contribution in [3.05, 3.63) is 46.0 Å². The van der Waals surface area contributed by atoms with Crippen molar-refractivity contribution in [2.45, 2.75) is 77.9 Å². The first-order valence-electron chi connectivity index (χ1n) is 14.8. The molecule has 45 heavy (non-hydrogen) atoms. The normalized spacial score (nSPS) is 14.1. The summed E-state index contributed by atoms with van der Waals surface area (Å²) in [5.74, 6) is -2.34. The van der Waals surface area contributed by atoms with Gasteiger partial charge in [0, 0.05) is 44.3 Å². The Morgan fingerprint density at radius 2 is 1.67 bits per heavy atom. The van der Waals surface area contributed by atoms with Crippen molar-refractivity contribution in [3.63, 3.8) is 0 Å². The highest BCUT2D eigenvalue weighted by atomic mass is 79.9. The van der Waals surface area contributed by atoms with Crippen LogP contribution >= 0.6 is 15.9 Å². The topological polar surface area (TPSA) is 202 Å². The van der Waals surface area contributed by atoms with Crippen molar-refractivity contribution in [3.8, 4) is 0 Å². The molecule has 0 aliphatic carbocycles. The molecule has 1 aliphatic heterocycles. The third-order valence-corrected chi connectivity index (χ3v) is 7.90. The van der Waals surface area contributed by atoms with Crippen LogP contribution < -0.4 is 16.4 Å². The molecule has 0 bridgehead atoms. The zero-order valence-corrected chi connectivity index (χ0v) is 27.1. The monoisotopic (exact) mass is 692 g/mol. The zero-order valence-electron chi connectivity index (χ0n) is 25.5. The molecule has 13 nitrogen and oxygen atoms in total. The minimum absolute atomic E-state index is 0.00117. The molecule has 1 aromatic carbocycles. The molecule has 0 saturated heterocycles. The van der Waals surface area contributed by atoms with Gasteiger partial charge in [-0.2, -0.15) is 0 Å². The molecule has 0 radical (unpaired) electrons. The van der Waals surface area contributed by atoms with Crippen molar-refractivity contribution >= 4 is 57.4 Å². The van der Waals surface area contributed by atoms with Crippen LogP contribution in [0.2, 0.25) is 0 Å². The number of carboxylic acid groups (broad SMARTS) is 1. The Morgan fingerprint density at radius 3 is 2.24 bits per heavy atom. The van der Waals surface area contributed by atoms with E-state index in [1.165, 1.54) is 6.08 Å². The third kappa shape index (κ3) is 13.2. The number of ketones is 2. The average molecular weight is 694 g/mol. The van der Waals surface area contributed by atoms with Crippen LogP contribution in [0.5, 0.6) is 0 Å². The Bertz CT molecular complexity index is 1280. The highest BCUT2D eigenvalue weighted by molar-refractivity contribution is 9.12. The number of ether oxygens (including phenoxy) is 1. The van der Waals surface area contributed by atoms with E-state index in [-0.39, 0.29) is 79.2 Å². The summed E-state index contributed by atoms with van der Waals surface area (Å²) in [6.07, 6.45) is 2.44. The maximum Gasteiger partial charge on any atom is 0.506 e. The number of amides is 5. The first-order valence-corrected chi connectivity index (χ1v) is 15.6. The number of halogens is 1. The van der Waals surface area contributed by atoms with Crippen molar-refractivity contribution < 1.29 is 43.4 Å². The highest BCUT2D eigenvalue weighted by Gasteiger charge is 2.30. The number of hydrogen-bond acceptors (Lipinski definition) is 8. The van der Waals surface area contributed by atoms with Crippen LogP contribution in [0, 0.1) is 11.8 Å². The Morgan fingerprint density at radius 1 is 1.00 bits per heavy atom. The molecule has 0 spiro atoms. The smallest absolute Gasteiger partial charge is 0.450 e. The maximum atomic E-state index is 13.4. The maximum absolute atomic E-state index is 13.4. The number of urea groups is 1. The summed E-state index contributed by atoms with van der Waals surface area (Å²) in [6.45, 7) is 4.02. The number of Topliss-reactive ketones (excluding diaryl/α,β-unsaturated/α-hetero) is 2. The van der Waals surface area contributed by atoms with Gasteiger partial charge < -0.3 is 26.2 Å². The molecule has 2 rings (SSSR count). The van der Waals surface area contributed by atoms with Gasteiger partial charge in [0.2, 0.25) is 5.91 Å². The van der Waals surface area contributed by atoms with Crippen LogP contribution in [-0.2, 0) is 41.7 Å². The van der Waals surface area contributed by atoms with Gasteiger partial charge in [0.25, 0.3) is 11.8 Å². The predicted molar refractivity (Wildman–Crippen MR) is 167 cm³/mol. The number of hydrogen-bond donors (Lipinski definition) is 4. The lowest BCUT2D eigenvalue weighted by atomic mass is 9.88. The van der Waals surface area contributed by atoms with Gasteiger partial charge in [-0.3, -0.25) is 28.9 Å². The second-order valence-corrected chi connectivity index (χ2v) is 12.1. The number of carbonyl (C=O) groups excluding carboxylic acids is 6. The van der Waals surface area contributed by atoms with Crippen LogP contribution in [0.25, 0.3) is 0 Å². The Kier molecular flexibility index (Phi) is 15.4. The van der Waals surface area contributed by atoms with Crippen molar-refractivity contribution in [2.24, 2.45) is 17.6 Å².